The number of cyclic esters (lactones) is 1. The van der Waals surface area contributed by atoms with Gasteiger partial charge in [0.1, 0.15) is 24.6 Å². The maximum Gasteiger partial charge on any atom is 0.514 e. The first-order valence-electron chi connectivity index (χ1n) is 22.3. The van der Waals surface area contributed by atoms with Crippen molar-refractivity contribution in [3.63, 3.8) is 0 Å². The number of carbonyl (C=O) groups excluding carboxylic acids is 3. The van der Waals surface area contributed by atoms with E-state index >= 15 is 4.79 Å². The van der Waals surface area contributed by atoms with E-state index in [1.165, 1.54) is 7.11 Å². The van der Waals surface area contributed by atoms with Crippen molar-refractivity contribution < 1.29 is 62.4 Å². The highest BCUT2D eigenvalue weighted by Gasteiger charge is 2.54. The molecular formula is C49H65N3O13S. The summed E-state index contributed by atoms with van der Waals surface area (Å²) in [7, 11) is 5.22. The summed E-state index contributed by atoms with van der Waals surface area (Å²) in [4.78, 5) is 53.1. The summed E-state index contributed by atoms with van der Waals surface area (Å²) in [5.74, 6) is 2.53. The second kappa shape index (κ2) is 18.6. The van der Waals surface area contributed by atoms with Gasteiger partial charge in [0.15, 0.2) is 45.8 Å². The van der Waals surface area contributed by atoms with Gasteiger partial charge in [-0.2, -0.15) is 16.6 Å². The van der Waals surface area contributed by atoms with Gasteiger partial charge in [-0.25, -0.2) is 9.59 Å². The lowest BCUT2D eigenvalue weighted by atomic mass is 9.77. The molecule has 6 atom stereocenters. The molecule has 2 saturated heterocycles. The number of carbonyl (C=O) groups is 3. The van der Waals surface area contributed by atoms with E-state index in [1.807, 2.05) is 48.3 Å². The fourth-order valence-corrected chi connectivity index (χ4v) is 11.6. The number of thioether (sulfide) groups is 1. The number of phenolic OH excluding ortho intramolecular Hbond substituents is 1. The Morgan fingerprint density at radius 3 is 2.30 bits per heavy atom. The Hall–Kier alpha value is -4.94. The van der Waals surface area contributed by atoms with E-state index in [-0.39, 0.29) is 54.0 Å². The van der Waals surface area contributed by atoms with Crippen LogP contribution in [-0.4, -0.2) is 116 Å². The van der Waals surface area contributed by atoms with Crippen LogP contribution < -0.4 is 33.9 Å². The van der Waals surface area contributed by atoms with E-state index in [2.05, 4.69) is 35.2 Å². The molecule has 66 heavy (non-hydrogen) atoms. The van der Waals surface area contributed by atoms with Crippen LogP contribution in [0.3, 0.4) is 0 Å². The average molecular weight is 936 g/mol. The lowest BCUT2D eigenvalue weighted by Gasteiger charge is -2.58. The third kappa shape index (κ3) is 8.84. The number of hydrogen-bond donors (Lipinski definition) is 2. The van der Waals surface area contributed by atoms with Gasteiger partial charge in [0.2, 0.25) is 6.79 Å². The van der Waals surface area contributed by atoms with Crippen LogP contribution in [0.15, 0.2) is 18.2 Å². The van der Waals surface area contributed by atoms with Gasteiger partial charge in [-0.1, -0.05) is 13.0 Å². The van der Waals surface area contributed by atoms with E-state index in [0.29, 0.717) is 60.2 Å². The van der Waals surface area contributed by atoms with Crippen molar-refractivity contribution >= 4 is 30.7 Å². The Morgan fingerprint density at radius 1 is 0.924 bits per heavy atom. The minimum absolute atomic E-state index is 0.00798. The predicted octanol–water partition coefficient (Wildman–Crippen LogP) is 7.34. The van der Waals surface area contributed by atoms with Crippen LogP contribution >= 0.6 is 11.8 Å². The van der Waals surface area contributed by atoms with E-state index in [4.69, 9.17) is 47.7 Å². The molecular weight excluding hydrogens is 871 g/mol. The zero-order chi connectivity index (χ0) is 48.2. The number of rotatable bonds is 6. The van der Waals surface area contributed by atoms with E-state index < -0.39 is 34.9 Å². The van der Waals surface area contributed by atoms with Crippen molar-refractivity contribution in [3.05, 3.63) is 62.7 Å². The van der Waals surface area contributed by atoms with Crippen LogP contribution in [0.2, 0.25) is 0 Å². The first-order valence-corrected chi connectivity index (χ1v) is 23.3. The SMILES string of the molecule is C=O.COc1cc2c(cc1OC(=O)OC(C)(C)C)CCN[C@]21CSC(C)C2C3c4c(cc(C)c(OC)c4O)CC(CN2C(c2c(C)c(OOC(C)(C)C)c(C)c4c2OCO4)COC1=O)N3C. The van der Waals surface area contributed by atoms with Gasteiger partial charge in [0, 0.05) is 58.4 Å². The highest BCUT2D eigenvalue weighted by Crippen LogP contribution is 2.56. The molecule has 0 saturated carbocycles. The molecule has 2 fully saturated rings. The minimum Gasteiger partial charge on any atom is -0.504 e. The van der Waals surface area contributed by atoms with Gasteiger partial charge in [-0.15, -0.1) is 0 Å². The summed E-state index contributed by atoms with van der Waals surface area (Å²) in [6, 6.07) is 4.63. The van der Waals surface area contributed by atoms with Crippen molar-refractivity contribution in [1.29, 1.82) is 0 Å². The van der Waals surface area contributed by atoms with Crippen LogP contribution in [0.25, 0.3) is 0 Å². The molecule has 17 heteroatoms. The largest absolute Gasteiger partial charge is 0.514 e. The third-order valence-electron chi connectivity index (χ3n) is 13.1. The monoisotopic (exact) mass is 935 g/mol. The summed E-state index contributed by atoms with van der Waals surface area (Å²) in [6.07, 6.45) is 0.387. The highest BCUT2D eigenvalue weighted by atomic mass is 32.2. The van der Waals surface area contributed by atoms with Crippen molar-refractivity contribution in [1.82, 2.24) is 15.1 Å². The fraction of sp³-hybridized carbons (Fsp3) is 0.571. The van der Waals surface area contributed by atoms with Crippen molar-refractivity contribution in [3.8, 4) is 40.2 Å². The van der Waals surface area contributed by atoms with Crippen LogP contribution in [0.5, 0.6) is 40.2 Å². The molecule has 2 bridgehead atoms. The minimum atomic E-state index is -1.33. The molecule has 5 aliphatic rings. The second-order valence-corrected chi connectivity index (χ2v) is 20.9. The number of benzene rings is 3. The van der Waals surface area contributed by atoms with Gasteiger partial charge in [-0.05, 0) is 117 Å². The summed E-state index contributed by atoms with van der Waals surface area (Å²) in [6.45, 7) is 22.1. The average Bonchev–Trinajstić information content (AvgIpc) is 3.73. The van der Waals surface area contributed by atoms with Crippen LogP contribution in [0.1, 0.15) is 105 Å². The molecule has 0 aliphatic carbocycles. The topological polar surface area (TPSA) is 173 Å². The number of methoxy groups -OCH3 is 2. The number of nitrogens with one attached hydrogen (secondary N) is 1. The number of ether oxygens (including phenoxy) is 7. The molecule has 16 nitrogen and oxygen atoms in total. The molecule has 0 radical (unpaired) electrons. The number of hydrogen-bond acceptors (Lipinski definition) is 17. The summed E-state index contributed by atoms with van der Waals surface area (Å²) >= 11 is 1.66. The maximum atomic E-state index is 15.2. The number of aromatic hydroxyl groups is 1. The Labute approximate surface area is 391 Å². The van der Waals surface area contributed by atoms with Gasteiger partial charge in [0.25, 0.3) is 0 Å². The Balaban J connectivity index is 0.00000320. The highest BCUT2D eigenvalue weighted by molar-refractivity contribution is 8.00. The number of esters is 1. The van der Waals surface area contributed by atoms with Gasteiger partial charge >= 0.3 is 12.1 Å². The van der Waals surface area contributed by atoms with Crippen molar-refractivity contribution in [2.24, 2.45) is 0 Å². The lowest BCUT2D eigenvalue weighted by molar-refractivity contribution is -0.275. The molecule has 2 N–H and O–H groups in total. The van der Waals surface area contributed by atoms with E-state index in [1.54, 1.807) is 51.8 Å². The first-order chi connectivity index (χ1) is 31.2. The van der Waals surface area contributed by atoms with Crippen LogP contribution in [0.4, 0.5) is 4.79 Å². The second-order valence-electron chi connectivity index (χ2n) is 19.6. The van der Waals surface area contributed by atoms with Gasteiger partial charge in [-0.3, -0.25) is 15.1 Å². The molecule has 0 aromatic heterocycles. The number of nitrogens with zero attached hydrogens (tertiary/aromatic N) is 2. The van der Waals surface area contributed by atoms with E-state index in [0.717, 1.165) is 38.9 Å². The smallest absolute Gasteiger partial charge is 0.504 e. The molecule has 360 valence electrons. The van der Waals surface area contributed by atoms with Crippen molar-refractivity contribution in [2.45, 2.75) is 128 Å². The normalized spacial score (nSPS) is 25.0. The lowest BCUT2D eigenvalue weighted by Crippen LogP contribution is -2.65. The Bertz CT molecular complexity index is 2360. The van der Waals surface area contributed by atoms with E-state index in [9.17, 15) is 9.90 Å². The number of likely N-dealkylation sites (N-methyl/N-ethyl adjacent to an activating group) is 1. The molecule has 1 spiro atoms. The Morgan fingerprint density at radius 2 is 1.64 bits per heavy atom. The number of aryl methyl sites for hydroxylation is 1. The maximum absolute atomic E-state index is 15.2. The van der Waals surface area contributed by atoms with Crippen LogP contribution in [0, 0.1) is 20.8 Å². The summed E-state index contributed by atoms with van der Waals surface area (Å²) in [5, 5.41) is 15.6. The predicted molar refractivity (Wildman–Crippen MR) is 247 cm³/mol. The molecule has 3 aromatic rings. The fourth-order valence-electron chi connectivity index (χ4n) is 10.3. The van der Waals surface area contributed by atoms with Gasteiger partial charge in [0.05, 0.1) is 26.3 Å². The third-order valence-corrected chi connectivity index (χ3v) is 14.5. The molecule has 0 amide bonds. The molecule has 5 aliphatic heterocycles. The molecule has 5 heterocycles. The number of piperazine rings is 1. The number of phenols is 1. The quantitative estimate of drug-likeness (QED) is 0.109. The molecule has 5 unspecified atom stereocenters. The Kier molecular flexibility index (Phi) is 13.8. The standard InChI is InChI=1S/C48H63N3O12S.CH2O/c1-24-16-29-17-30-20-51-32(35-25(2)41(62-63-47(8,9)10)26(3)42-43(35)59-23-58-42)21-57-44(53)48(22-64-27(4)37(51)38(50(30)11)36(29)39(52)40(24)56-13)31-19-33(55-12)34(18-28(31)14-15-49-48)60-45(54)61-46(5,6)7;1-2/h16,18-19,27,30,32,37-38,49,52H,14-15,17,20-23H2,1-13H3;1H2/t27?,30?,32?,37?,38?,48-;/m1./s1. The zero-order valence-corrected chi connectivity index (χ0v) is 41.2. The zero-order valence-electron chi connectivity index (χ0n) is 40.4. The van der Waals surface area contributed by atoms with Crippen molar-refractivity contribution in [2.75, 3.05) is 53.5 Å². The molecule has 8 rings (SSSR count). The van der Waals surface area contributed by atoms with Gasteiger partial charge < -0.3 is 47.9 Å². The van der Waals surface area contributed by atoms with Crippen LogP contribution in [-0.2, 0) is 42.3 Å². The number of fused-ring (bicyclic) bond motifs is 9. The molecule has 3 aromatic carbocycles. The first kappa shape index (κ1) is 49.0. The summed E-state index contributed by atoms with van der Waals surface area (Å²) < 4.78 is 42.0. The summed E-state index contributed by atoms with van der Waals surface area (Å²) in [5.41, 5.74) is 3.85.